The molecule has 0 bridgehead atoms. The molecule has 0 aromatic heterocycles. The Morgan fingerprint density at radius 2 is 2.00 bits per heavy atom. The van der Waals surface area contributed by atoms with Crippen molar-refractivity contribution in [2.24, 2.45) is 11.8 Å². The highest BCUT2D eigenvalue weighted by Crippen LogP contribution is 2.42. The number of nitrogens with zero attached hydrogens (tertiary/aromatic N) is 1. The van der Waals surface area contributed by atoms with Crippen LogP contribution in [0.4, 0.5) is 4.79 Å². The van der Waals surface area contributed by atoms with Gasteiger partial charge in [-0.1, -0.05) is 26.8 Å². The van der Waals surface area contributed by atoms with E-state index in [2.05, 4.69) is 38.4 Å². The predicted octanol–water partition coefficient (Wildman–Crippen LogP) is 2.22. The summed E-state index contributed by atoms with van der Waals surface area (Å²) >= 11 is 4.13. The normalized spacial score (nSPS) is 34.8. The molecule has 2 rings (SSSR count). The molecule has 19 heavy (non-hydrogen) atoms. The molecule has 2 aliphatic rings. The third kappa shape index (κ3) is 2.18. The molecule has 4 nitrogen and oxygen atoms in total. The van der Waals surface area contributed by atoms with Crippen molar-refractivity contribution in [1.29, 1.82) is 0 Å². The van der Waals surface area contributed by atoms with E-state index in [1.54, 1.807) is 0 Å². The quantitative estimate of drug-likeness (QED) is 0.474. The van der Waals surface area contributed by atoms with Gasteiger partial charge in [-0.25, -0.2) is 4.79 Å². The van der Waals surface area contributed by atoms with Crippen LogP contribution in [0, 0.1) is 11.8 Å². The highest BCUT2D eigenvalue weighted by molar-refractivity contribution is 7.80. The van der Waals surface area contributed by atoms with Crippen molar-refractivity contribution in [2.75, 3.05) is 12.3 Å². The summed E-state index contributed by atoms with van der Waals surface area (Å²) in [4.78, 5) is 26.2. The molecule has 1 saturated heterocycles. The molecule has 2 fully saturated rings. The van der Waals surface area contributed by atoms with Crippen LogP contribution in [0.1, 0.15) is 33.1 Å². The second-order valence-electron chi connectivity index (χ2n) is 5.83. The Bertz CT molecular complexity index is 412. The Balaban J connectivity index is 2.27. The summed E-state index contributed by atoms with van der Waals surface area (Å²) in [6.45, 7) is 8.22. The highest BCUT2D eigenvalue weighted by Gasteiger charge is 2.58. The number of thiol groups is 1. The summed E-state index contributed by atoms with van der Waals surface area (Å²) in [5.41, 5.74) is 0.0756. The number of amides is 3. The number of urea groups is 1. The zero-order chi connectivity index (χ0) is 14.2. The zero-order valence-electron chi connectivity index (χ0n) is 11.6. The minimum atomic E-state index is -0.702. The molecule has 1 saturated carbocycles. The largest absolute Gasteiger partial charge is 0.325 e. The molecule has 1 aliphatic carbocycles. The summed E-state index contributed by atoms with van der Waals surface area (Å²) in [6, 6.07) is -0.284. The molecule has 0 aromatic carbocycles. The van der Waals surface area contributed by atoms with Crippen molar-refractivity contribution in [2.45, 2.75) is 38.6 Å². The first-order valence-corrected chi connectivity index (χ1v) is 7.48. The Morgan fingerprint density at radius 3 is 2.53 bits per heavy atom. The van der Waals surface area contributed by atoms with E-state index in [4.69, 9.17) is 0 Å². The SMILES string of the molecule is C=C(CS)CN1C(=O)NC2(C1=O)C(C)CCCC2C. The molecule has 3 amide bonds. The van der Waals surface area contributed by atoms with E-state index in [1.807, 2.05) is 0 Å². The average molecular weight is 282 g/mol. The Labute approximate surface area is 120 Å². The van der Waals surface area contributed by atoms with E-state index in [1.165, 1.54) is 4.90 Å². The van der Waals surface area contributed by atoms with E-state index in [-0.39, 0.29) is 30.3 Å². The van der Waals surface area contributed by atoms with Crippen LogP contribution in [-0.2, 0) is 4.79 Å². The number of hydrogen-bond acceptors (Lipinski definition) is 3. The lowest BCUT2D eigenvalue weighted by molar-refractivity contribution is -0.136. The fourth-order valence-electron chi connectivity index (χ4n) is 3.37. The topological polar surface area (TPSA) is 49.4 Å². The predicted molar refractivity (Wildman–Crippen MR) is 78.1 cm³/mol. The molecule has 1 spiro atoms. The van der Waals surface area contributed by atoms with Gasteiger partial charge < -0.3 is 5.32 Å². The number of nitrogens with one attached hydrogen (secondary N) is 1. The van der Waals surface area contributed by atoms with Gasteiger partial charge in [-0.2, -0.15) is 12.6 Å². The molecular weight excluding hydrogens is 260 g/mol. The third-order valence-electron chi connectivity index (χ3n) is 4.59. The number of imide groups is 1. The molecule has 1 N–H and O–H groups in total. The van der Waals surface area contributed by atoms with Crippen LogP contribution in [0.25, 0.3) is 0 Å². The zero-order valence-corrected chi connectivity index (χ0v) is 12.5. The van der Waals surface area contributed by atoms with Crippen LogP contribution in [0.2, 0.25) is 0 Å². The van der Waals surface area contributed by atoms with Gasteiger partial charge in [0.15, 0.2) is 0 Å². The van der Waals surface area contributed by atoms with E-state index < -0.39 is 5.54 Å². The first-order chi connectivity index (χ1) is 8.93. The maximum Gasteiger partial charge on any atom is 0.325 e. The first kappa shape index (κ1) is 14.4. The van der Waals surface area contributed by atoms with Crippen molar-refractivity contribution in [3.63, 3.8) is 0 Å². The average Bonchev–Trinajstić information content (AvgIpc) is 2.62. The standard InChI is InChI=1S/C14H22N2O2S/c1-9(8-19)7-16-12(17)14(15-13(16)18)10(2)5-4-6-11(14)3/h10-11,19H,1,4-8H2,2-3H3,(H,15,18). The lowest BCUT2D eigenvalue weighted by Crippen LogP contribution is -2.58. The van der Waals surface area contributed by atoms with Gasteiger partial charge in [0, 0.05) is 5.75 Å². The lowest BCUT2D eigenvalue weighted by atomic mass is 9.67. The van der Waals surface area contributed by atoms with Crippen molar-refractivity contribution in [1.82, 2.24) is 10.2 Å². The van der Waals surface area contributed by atoms with Crippen molar-refractivity contribution < 1.29 is 9.59 Å². The second-order valence-corrected chi connectivity index (χ2v) is 6.15. The van der Waals surface area contributed by atoms with E-state index in [0.29, 0.717) is 5.75 Å². The highest BCUT2D eigenvalue weighted by atomic mass is 32.1. The monoisotopic (exact) mass is 282 g/mol. The van der Waals surface area contributed by atoms with Crippen molar-refractivity contribution >= 4 is 24.6 Å². The van der Waals surface area contributed by atoms with Crippen LogP contribution in [0.5, 0.6) is 0 Å². The number of hydrogen-bond donors (Lipinski definition) is 2. The van der Waals surface area contributed by atoms with Gasteiger partial charge in [0.05, 0.1) is 6.54 Å². The van der Waals surface area contributed by atoms with E-state index in [0.717, 1.165) is 24.8 Å². The Morgan fingerprint density at radius 1 is 1.42 bits per heavy atom. The van der Waals surface area contributed by atoms with E-state index >= 15 is 0 Å². The molecule has 106 valence electrons. The number of carbonyl (C=O) groups excluding carboxylic acids is 2. The maximum absolute atomic E-state index is 12.7. The van der Waals surface area contributed by atoms with Gasteiger partial charge >= 0.3 is 6.03 Å². The van der Waals surface area contributed by atoms with Crippen LogP contribution in [0.3, 0.4) is 0 Å². The lowest BCUT2D eigenvalue weighted by Gasteiger charge is -2.42. The van der Waals surface area contributed by atoms with Gasteiger partial charge in [-0.05, 0) is 30.3 Å². The number of carbonyl (C=O) groups is 2. The van der Waals surface area contributed by atoms with Crippen molar-refractivity contribution in [3.8, 4) is 0 Å². The summed E-state index contributed by atoms with van der Waals surface area (Å²) in [6.07, 6.45) is 3.09. The summed E-state index contributed by atoms with van der Waals surface area (Å²) < 4.78 is 0. The molecule has 1 heterocycles. The molecule has 2 unspecified atom stereocenters. The van der Waals surface area contributed by atoms with Crippen LogP contribution in [-0.4, -0.2) is 34.7 Å². The Kier molecular flexibility index (Phi) is 3.95. The fraction of sp³-hybridized carbons (Fsp3) is 0.714. The minimum Gasteiger partial charge on any atom is -0.323 e. The van der Waals surface area contributed by atoms with Gasteiger partial charge in [-0.15, -0.1) is 0 Å². The molecule has 5 heteroatoms. The smallest absolute Gasteiger partial charge is 0.323 e. The molecule has 0 aromatic rings. The van der Waals surface area contributed by atoms with Crippen molar-refractivity contribution in [3.05, 3.63) is 12.2 Å². The van der Waals surface area contributed by atoms with Gasteiger partial charge in [-0.3, -0.25) is 9.69 Å². The minimum absolute atomic E-state index is 0.0832. The molecule has 0 radical (unpaired) electrons. The molecule has 2 atom stereocenters. The van der Waals surface area contributed by atoms with Crippen LogP contribution < -0.4 is 5.32 Å². The van der Waals surface area contributed by atoms with Gasteiger partial charge in [0.2, 0.25) is 0 Å². The summed E-state index contributed by atoms with van der Waals surface area (Å²) in [7, 11) is 0. The van der Waals surface area contributed by atoms with Gasteiger partial charge in [0.25, 0.3) is 5.91 Å². The number of rotatable bonds is 3. The van der Waals surface area contributed by atoms with Crippen LogP contribution in [0.15, 0.2) is 12.2 Å². The first-order valence-electron chi connectivity index (χ1n) is 6.85. The molecular formula is C14H22N2O2S. The van der Waals surface area contributed by atoms with Gasteiger partial charge in [0.1, 0.15) is 5.54 Å². The Hall–Kier alpha value is -0.970. The molecule has 1 aliphatic heterocycles. The summed E-state index contributed by atoms with van der Waals surface area (Å²) in [5.74, 6) is 0.763. The maximum atomic E-state index is 12.7. The second kappa shape index (κ2) is 5.19. The third-order valence-corrected chi connectivity index (χ3v) is 5.04. The fourth-order valence-corrected chi connectivity index (χ4v) is 3.47. The van der Waals surface area contributed by atoms with Crippen LogP contribution >= 0.6 is 12.6 Å². The van der Waals surface area contributed by atoms with E-state index in [9.17, 15) is 9.59 Å². The summed E-state index contributed by atoms with van der Waals surface area (Å²) in [5, 5.41) is 2.97.